The maximum atomic E-state index is 12.8. The van der Waals surface area contributed by atoms with Crippen molar-refractivity contribution in [1.82, 2.24) is 0 Å². The Morgan fingerprint density at radius 3 is 2.44 bits per heavy atom. The van der Waals surface area contributed by atoms with E-state index in [1.165, 1.54) is 33.3 Å². The topological polar surface area (TPSA) is 0 Å². The Hall–Kier alpha value is -1.15. The third-order valence-corrected chi connectivity index (χ3v) is 4.06. The van der Waals surface area contributed by atoms with E-state index in [0.717, 1.165) is 19.3 Å². The summed E-state index contributed by atoms with van der Waals surface area (Å²) >= 11 is 3.55. The van der Waals surface area contributed by atoms with Gasteiger partial charge in [-0.1, -0.05) is 40.2 Å². The monoisotopic (exact) mass is 306 g/mol. The van der Waals surface area contributed by atoms with E-state index in [1.54, 1.807) is 0 Å². The van der Waals surface area contributed by atoms with Gasteiger partial charge in [0.05, 0.1) is 0 Å². The summed E-state index contributed by atoms with van der Waals surface area (Å²) in [7, 11) is 0. The van der Waals surface area contributed by atoms with E-state index in [4.69, 9.17) is 0 Å². The molecule has 0 unspecified atom stereocenters. The minimum atomic E-state index is -0.165. The lowest BCUT2D eigenvalue weighted by molar-refractivity contribution is 0.626. The van der Waals surface area contributed by atoms with E-state index in [2.05, 4.69) is 41.1 Å². The van der Waals surface area contributed by atoms with E-state index in [0.29, 0.717) is 0 Å². The Balaban J connectivity index is 1.92. The molecule has 0 saturated carbocycles. The van der Waals surface area contributed by atoms with Gasteiger partial charge in [0.1, 0.15) is 5.82 Å². The van der Waals surface area contributed by atoms with Crippen molar-refractivity contribution < 1.29 is 4.39 Å². The number of aryl methyl sites for hydroxylation is 2. The van der Waals surface area contributed by atoms with Gasteiger partial charge in [-0.2, -0.15) is 0 Å². The summed E-state index contributed by atoms with van der Waals surface area (Å²) in [6, 6.07) is 13.1. The summed E-state index contributed by atoms with van der Waals surface area (Å²) in [5.41, 5.74) is 3.90. The maximum absolute atomic E-state index is 12.8. The fourth-order valence-corrected chi connectivity index (χ4v) is 2.46. The minimum Gasteiger partial charge on any atom is -0.207 e. The summed E-state index contributed by atoms with van der Waals surface area (Å²) in [5, 5.41) is 0. The number of rotatable bonds is 4. The summed E-state index contributed by atoms with van der Waals surface area (Å²) in [6.07, 6.45) is 3.14. The molecule has 0 nitrogen and oxygen atoms in total. The predicted octanol–water partition coefficient (Wildman–Crippen LogP) is 5.07. The Labute approximate surface area is 116 Å². The normalized spacial score (nSPS) is 10.6. The molecule has 0 heterocycles. The second-order valence-corrected chi connectivity index (χ2v) is 5.36. The van der Waals surface area contributed by atoms with Crippen LogP contribution in [-0.4, -0.2) is 0 Å². The highest BCUT2D eigenvalue weighted by Crippen LogP contribution is 2.21. The zero-order valence-electron chi connectivity index (χ0n) is 10.4. The van der Waals surface area contributed by atoms with E-state index in [9.17, 15) is 4.39 Å². The van der Waals surface area contributed by atoms with Crippen molar-refractivity contribution in [2.75, 3.05) is 0 Å². The first-order chi connectivity index (χ1) is 8.66. The van der Waals surface area contributed by atoms with Gasteiger partial charge in [-0.25, -0.2) is 4.39 Å². The molecule has 2 aromatic rings. The highest BCUT2D eigenvalue weighted by atomic mass is 79.9. The van der Waals surface area contributed by atoms with Gasteiger partial charge in [0.25, 0.3) is 0 Å². The smallest absolute Gasteiger partial charge is 0.123 e. The molecule has 0 bridgehead atoms. The summed E-state index contributed by atoms with van der Waals surface area (Å²) in [6.45, 7) is 2.14. The lowest BCUT2D eigenvalue weighted by Gasteiger charge is -2.07. The Morgan fingerprint density at radius 1 is 1.00 bits per heavy atom. The van der Waals surface area contributed by atoms with Crippen LogP contribution in [0.25, 0.3) is 0 Å². The van der Waals surface area contributed by atoms with E-state index in [-0.39, 0.29) is 5.82 Å². The SMILES string of the molecule is Cc1c(Br)cccc1CCCc1ccc(F)cc1. The molecule has 0 N–H and O–H groups in total. The molecule has 0 aromatic heterocycles. The van der Waals surface area contributed by atoms with Crippen molar-refractivity contribution in [3.63, 3.8) is 0 Å². The first-order valence-electron chi connectivity index (χ1n) is 6.15. The molecule has 0 saturated heterocycles. The van der Waals surface area contributed by atoms with Crippen LogP contribution in [0.1, 0.15) is 23.1 Å². The quantitative estimate of drug-likeness (QED) is 0.739. The van der Waals surface area contributed by atoms with Crippen LogP contribution in [0.5, 0.6) is 0 Å². The van der Waals surface area contributed by atoms with E-state index in [1.807, 2.05) is 12.1 Å². The summed E-state index contributed by atoms with van der Waals surface area (Å²) in [5.74, 6) is -0.165. The zero-order chi connectivity index (χ0) is 13.0. The minimum absolute atomic E-state index is 0.165. The second kappa shape index (κ2) is 6.14. The molecule has 0 atom stereocenters. The second-order valence-electron chi connectivity index (χ2n) is 4.50. The average molecular weight is 307 g/mol. The third-order valence-electron chi connectivity index (χ3n) is 3.20. The molecule has 0 fully saturated rings. The molecule has 94 valence electrons. The Bertz CT molecular complexity index is 517. The van der Waals surface area contributed by atoms with Crippen LogP contribution < -0.4 is 0 Å². The molecular formula is C16H16BrF. The van der Waals surface area contributed by atoms with Crippen molar-refractivity contribution in [2.45, 2.75) is 26.2 Å². The summed E-state index contributed by atoms with van der Waals surface area (Å²) in [4.78, 5) is 0. The maximum Gasteiger partial charge on any atom is 0.123 e. The van der Waals surface area contributed by atoms with Crippen molar-refractivity contribution >= 4 is 15.9 Å². The number of halogens is 2. The number of benzene rings is 2. The van der Waals surface area contributed by atoms with Gasteiger partial charge in [0.15, 0.2) is 0 Å². The Kier molecular flexibility index (Phi) is 4.54. The van der Waals surface area contributed by atoms with Crippen molar-refractivity contribution in [2.24, 2.45) is 0 Å². The molecule has 2 rings (SSSR count). The van der Waals surface area contributed by atoms with Crippen LogP contribution in [0.2, 0.25) is 0 Å². The van der Waals surface area contributed by atoms with Crippen molar-refractivity contribution in [1.29, 1.82) is 0 Å². The average Bonchev–Trinajstić information content (AvgIpc) is 2.37. The molecule has 2 heteroatoms. The van der Waals surface area contributed by atoms with Crippen LogP contribution in [-0.2, 0) is 12.8 Å². The summed E-state index contributed by atoms with van der Waals surface area (Å²) < 4.78 is 13.9. The number of hydrogen-bond donors (Lipinski definition) is 0. The lowest BCUT2D eigenvalue weighted by atomic mass is 10.0. The van der Waals surface area contributed by atoms with Gasteiger partial charge in [-0.3, -0.25) is 0 Å². The predicted molar refractivity (Wildman–Crippen MR) is 77.3 cm³/mol. The highest BCUT2D eigenvalue weighted by molar-refractivity contribution is 9.10. The molecular weight excluding hydrogens is 291 g/mol. The number of hydrogen-bond acceptors (Lipinski definition) is 0. The molecule has 0 radical (unpaired) electrons. The molecule has 0 aliphatic carbocycles. The lowest BCUT2D eigenvalue weighted by Crippen LogP contribution is -1.93. The van der Waals surface area contributed by atoms with Gasteiger partial charge in [0, 0.05) is 4.47 Å². The van der Waals surface area contributed by atoms with Gasteiger partial charge in [-0.15, -0.1) is 0 Å². The van der Waals surface area contributed by atoms with E-state index >= 15 is 0 Å². The highest BCUT2D eigenvalue weighted by Gasteiger charge is 2.02. The first kappa shape index (κ1) is 13.3. The van der Waals surface area contributed by atoms with Crippen LogP contribution in [0.4, 0.5) is 4.39 Å². The molecule has 0 aliphatic heterocycles. The molecule has 0 amide bonds. The van der Waals surface area contributed by atoms with Gasteiger partial charge in [-0.05, 0) is 61.1 Å². The largest absolute Gasteiger partial charge is 0.207 e. The Morgan fingerprint density at radius 2 is 1.72 bits per heavy atom. The fourth-order valence-electron chi connectivity index (χ4n) is 2.06. The van der Waals surface area contributed by atoms with Crippen molar-refractivity contribution in [3.8, 4) is 0 Å². The van der Waals surface area contributed by atoms with Crippen LogP contribution in [0.15, 0.2) is 46.9 Å². The fraction of sp³-hybridized carbons (Fsp3) is 0.250. The third kappa shape index (κ3) is 3.42. The molecule has 0 aliphatic rings. The van der Waals surface area contributed by atoms with Gasteiger partial charge < -0.3 is 0 Å². The molecule has 0 spiro atoms. The van der Waals surface area contributed by atoms with Crippen LogP contribution in [0.3, 0.4) is 0 Å². The zero-order valence-corrected chi connectivity index (χ0v) is 12.0. The van der Waals surface area contributed by atoms with Crippen LogP contribution in [0, 0.1) is 12.7 Å². The van der Waals surface area contributed by atoms with Gasteiger partial charge in [0.2, 0.25) is 0 Å². The standard InChI is InChI=1S/C16H16BrF/c1-12-14(6-3-7-16(12)17)5-2-4-13-8-10-15(18)11-9-13/h3,6-11H,2,4-5H2,1H3. The van der Waals surface area contributed by atoms with Crippen LogP contribution >= 0.6 is 15.9 Å². The molecule has 18 heavy (non-hydrogen) atoms. The first-order valence-corrected chi connectivity index (χ1v) is 6.94. The molecule has 2 aromatic carbocycles. The van der Waals surface area contributed by atoms with Gasteiger partial charge >= 0.3 is 0 Å². The van der Waals surface area contributed by atoms with E-state index < -0.39 is 0 Å². The van der Waals surface area contributed by atoms with Crippen molar-refractivity contribution in [3.05, 3.63) is 69.4 Å².